The Morgan fingerprint density at radius 1 is 1.38 bits per heavy atom. The number of halogens is 1. The highest BCUT2D eigenvalue weighted by Crippen LogP contribution is 2.41. The van der Waals surface area contributed by atoms with Gasteiger partial charge in [0, 0.05) is 0 Å². The Hall–Kier alpha value is -1.40. The maximum Gasteiger partial charge on any atom is 0.245 e. The molecule has 6 heteroatoms. The van der Waals surface area contributed by atoms with Crippen LogP contribution < -0.4 is 5.32 Å². The number of nitrogens with zero attached hydrogens (tertiary/aromatic N) is 1. The van der Waals surface area contributed by atoms with E-state index >= 15 is 0 Å². The average molecular weight is 310 g/mol. The number of hydrogen-bond donors (Lipinski definition) is 2. The van der Waals surface area contributed by atoms with E-state index in [2.05, 4.69) is 10.3 Å². The molecule has 1 saturated heterocycles. The van der Waals surface area contributed by atoms with Gasteiger partial charge in [0.2, 0.25) is 5.91 Å². The van der Waals surface area contributed by atoms with Gasteiger partial charge in [-0.25, -0.2) is 4.39 Å². The van der Waals surface area contributed by atoms with Crippen molar-refractivity contribution in [1.82, 2.24) is 5.32 Å². The molecular formula is C15H19FN2O2S. The van der Waals surface area contributed by atoms with Gasteiger partial charge in [0.25, 0.3) is 0 Å². The first-order valence-corrected chi connectivity index (χ1v) is 7.51. The van der Waals surface area contributed by atoms with E-state index in [9.17, 15) is 14.3 Å². The van der Waals surface area contributed by atoms with Crippen LogP contribution in [0.1, 0.15) is 39.3 Å². The SMILES string of the molecule is CC(N=C1NC(=O)C(C)(C(C)(C)O)S1)c1ccc(F)cc1. The van der Waals surface area contributed by atoms with E-state index < -0.39 is 10.3 Å². The number of hydrogen-bond acceptors (Lipinski definition) is 4. The van der Waals surface area contributed by atoms with E-state index in [0.717, 1.165) is 5.56 Å². The molecule has 2 rings (SSSR count). The maximum atomic E-state index is 12.9. The molecule has 1 aromatic rings. The molecule has 0 saturated carbocycles. The number of thioether (sulfide) groups is 1. The van der Waals surface area contributed by atoms with E-state index in [0.29, 0.717) is 5.17 Å². The van der Waals surface area contributed by atoms with E-state index in [4.69, 9.17) is 0 Å². The van der Waals surface area contributed by atoms with Gasteiger partial charge in [-0.15, -0.1) is 0 Å². The highest BCUT2D eigenvalue weighted by atomic mass is 32.2. The molecule has 0 spiro atoms. The van der Waals surface area contributed by atoms with Gasteiger partial charge in [-0.05, 0) is 45.4 Å². The van der Waals surface area contributed by atoms with Crippen LogP contribution in [0.2, 0.25) is 0 Å². The van der Waals surface area contributed by atoms with Gasteiger partial charge in [0.15, 0.2) is 5.17 Å². The minimum absolute atomic E-state index is 0.211. The Morgan fingerprint density at radius 3 is 2.43 bits per heavy atom. The molecule has 0 aliphatic carbocycles. The zero-order valence-electron chi connectivity index (χ0n) is 12.5. The third-order valence-electron chi connectivity index (χ3n) is 3.79. The summed E-state index contributed by atoms with van der Waals surface area (Å²) in [6.07, 6.45) is 0. The monoisotopic (exact) mass is 310 g/mol. The number of carbonyl (C=O) groups is 1. The van der Waals surface area contributed by atoms with Crippen molar-refractivity contribution in [3.05, 3.63) is 35.6 Å². The quantitative estimate of drug-likeness (QED) is 0.902. The van der Waals surface area contributed by atoms with Crippen LogP contribution in [0.25, 0.3) is 0 Å². The van der Waals surface area contributed by atoms with E-state index in [1.165, 1.54) is 23.9 Å². The van der Waals surface area contributed by atoms with Crippen LogP contribution in [0.4, 0.5) is 4.39 Å². The molecule has 1 aliphatic heterocycles. The molecule has 114 valence electrons. The lowest BCUT2D eigenvalue weighted by atomic mass is 9.91. The molecule has 2 unspecified atom stereocenters. The van der Waals surface area contributed by atoms with Gasteiger partial charge >= 0.3 is 0 Å². The van der Waals surface area contributed by atoms with Gasteiger partial charge < -0.3 is 10.4 Å². The largest absolute Gasteiger partial charge is 0.388 e. The summed E-state index contributed by atoms with van der Waals surface area (Å²) in [6, 6.07) is 5.89. The van der Waals surface area contributed by atoms with Crippen molar-refractivity contribution in [3.63, 3.8) is 0 Å². The van der Waals surface area contributed by atoms with Crippen molar-refractivity contribution >= 4 is 22.8 Å². The van der Waals surface area contributed by atoms with Crippen LogP contribution in [0.5, 0.6) is 0 Å². The van der Waals surface area contributed by atoms with Crippen LogP contribution in [-0.2, 0) is 4.79 Å². The Balaban J connectivity index is 2.20. The zero-order valence-corrected chi connectivity index (χ0v) is 13.3. The van der Waals surface area contributed by atoms with Crippen LogP contribution >= 0.6 is 11.8 Å². The number of nitrogens with one attached hydrogen (secondary N) is 1. The molecule has 0 bridgehead atoms. The predicted molar refractivity (Wildman–Crippen MR) is 82.7 cm³/mol. The lowest BCUT2D eigenvalue weighted by Gasteiger charge is -2.32. The first-order valence-electron chi connectivity index (χ1n) is 6.69. The van der Waals surface area contributed by atoms with Crippen molar-refractivity contribution in [1.29, 1.82) is 0 Å². The molecule has 1 amide bonds. The van der Waals surface area contributed by atoms with Gasteiger partial charge in [-0.1, -0.05) is 23.9 Å². The van der Waals surface area contributed by atoms with E-state index in [1.807, 2.05) is 6.92 Å². The van der Waals surface area contributed by atoms with Gasteiger partial charge in [0.1, 0.15) is 10.6 Å². The molecule has 0 radical (unpaired) electrons. The fraction of sp³-hybridized carbons (Fsp3) is 0.467. The number of aliphatic imine (C=N–C) groups is 1. The van der Waals surface area contributed by atoms with Crippen LogP contribution in [-0.4, -0.2) is 26.5 Å². The molecule has 2 N–H and O–H groups in total. The Morgan fingerprint density at radius 2 is 1.95 bits per heavy atom. The summed E-state index contributed by atoms with van der Waals surface area (Å²) in [5.41, 5.74) is -0.311. The van der Waals surface area contributed by atoms with Crippen molar-refractivity contribution in [2.75, 3.05) is 0 Å². The highest BCUT2D eigenvalue weighted by Gasteiger charge is 2.52. The number of rotatable bonds is 3. The van der Waals surface area contributed by atoms with Gasteiger partial charge in [-0.2, -0.15) is 0 Å². The zero-order chi connectivity index (χ0) is 15.8. The summed E-state index contributed by atoms with van der Waals surface area (Å²) in [7, 11) is 0. The van der Waals surface area contributed by atoms with E-state index in [1.54, 1.807) is 32.9 Å². The average Bonchev–Trinajstić information content (AvgIpc) is 2.66. The molecule has 21 heavy (non-hydrogen) atoms. The second kappa shape index (κ2) is 5.42. The normalized spacial score (nSPS) is 26.0. The second-order valence-corrected chi connectivity index (χ2v) is 7.22. The molecule has 1 fully saturated rings. The van der Waals surface area contributed by atoms with Crippen LogP contribution in [0.3, 0.4) is 0 Å². The number of amides is 1. The van der Waals surface area contributed by atoms with Crippen LogP contribution in [0.15, 0.2) is 29.3 Å². The lowest BCUT2D eigenvalue weighted by Crippen LogP contribution is -2.50. The number of aliphatic hydroxyl groups is 1. The minimum Gasteiger partial charge on any atom is -0.388 e. The van der Waals surface area contributed by atoms with E-state index in [-0.39, 0.29) is 17.8 Å². The Kier molecular flexibility index (Phi) is 4.13. The van der Waals surface area contributed by atoms with Crippen molar-refractivity contribution in [2.45, 2.75) is 44.1 Å². The van der Waals surface area contributed by atoms with Crippen LogP contribution in [0, 0.1) is 5.82 Å². The van der Waals surface area contributed by atoms with Crippen molar-refractivity contribution < 1.29 is 14.3 Å². The summed E-state index contributed by atoms with van der Waals surface area (Å²) in [4.78, 5) is 16.5. The lowest BCUT2D eigenvalue weighted by molar-refractivity contribution is -0.126. The van der Waals surface area contributed by atoms with Gasteiger partial charge in [0.05, 0.1) is 11.6 Å². The molecule has 0 aromatic heterocycles. The van der Waals surface area contributed by atoms with Gasteiger partial charge in [-0.3, -0.25) is 9.79 Å². The fourth-order valence-electron chi connectivity index (χ4n) is 1.93. The number of amidine groups is 1. The Labute approximate surface area is 127 Å². The summed E-state index contributed by atoms with van der Waals surface area (Å²) < 4.78 is 11.9. The summed E-state index contributed by atoms with van der Waals surface area (Å²) in [6.45, 7) is 6.77. The van der Waals surface area contributed by atoms with Crippen molar-refractivity contribution in [3.8, 4) is 0 Å². The van der Waals surface area contributed by atoms with Crippen molar-refractivity contribution in [2.24, 2.45) is 4.99 Å². The third kappa shape index (κ3) is 3.11. The first-order chi connectivity index (χ1) is 9.63. The fourth-order valence-corrected chi connectivity index (χ4v) is 3.07. The topological polar surface area (TPSA) is 61.7 Å². The Bertz CT molecular complexity index is 580. The smallest absolute Gasteiger partial charge is 0.245 e. The predicted octanol–water partition coefficient (Wildman–Crippen LogP) is 2.64. The number of carbonyl (C=O) groups excluding carboxylic acids is 1. The first kappa shape index (κ1) is 16.0. The summed E-state index contributed by atoms with van der Waals surface area (Å²) in [5, 5.41) is 13.3. The second-order valence-electron chi connectivity index (χ2n) is 5.81. The maximum absolute atomic E-state index is 12.9. The molecule has 1 aliphatic rings. The highest BCUT2D eigenvalue weighted by molar-refractivity contribution is 8.16. The molecule has 2 atom stereocenters. The molecular weight excluding hydrogens is 291 g/mol. The summed E-state index contributed by atoms with van der Waals surface area (Å²) >= 11 is 1.22. The molecule has 4 nitrogen and oxygen atoms in total. The minimum atomic E-state index is -1.17. The number of benzene rings is 1. The third-order valence-corrected chi connectivity index (χ3v) is 5.28. The summed E-state index contributed by atoms with van der Waals surface area (Å²) in [5.74, 6) is -0.554. The standard InChI is InChI=1S/C15H19FN2O2S/c1-9(10-5-7-11(16)8-6-10)17-13-18-12(19)15(4,21-13)14(2,3)20/h5-9,20H,1-4H3,(H,17,18,19). The molecule has 1 heterocycles. The molecule has 1 aromatic carbocycles.